The van der Waals surface area contributed by atoms with Crippen molar-refractivity contribution in [3.8, 4) is 0 Å². The van der Waals surface area contributed by atoms with Crippen LogP contribution in [0, 0.1) is 13.8 Å². The molecule has 3 aromatic rings. The molecule has 1 N–H and O–H groups in total. The van der Waals surface area contributed by atoms with Crippen LogP contribution in [0.3, 0.4) is 0 Å². The van der Waals surface area contributed by atoms with Crippen molar-refractivity contribution >= 4 is 17.5 Å². The molecule has 4 rings (SSSR count). The summed E-state index contributed by atoms with van der Waals surface area (Å²) < 4.78 is 0. The van der Waals surface area contributed by atoms with Crippen LogP contribution in [0.25, 0.3) is 0 Å². The number of carbonyl (C=O) groups excluding carboxylic acids is 2. The van der Waals surface area contributed by atoms with Crippen LogP contribution in [-0.4, -0.2) is 48.3 Å². The van der Waals surface area contributed by atoms with E-state index in [9.17, 15) is 9.59 Å². The number of carbonyl (C=O) groups is 2. The number of aryl methyl sites for hydroxylation is 2. The number of rotatable bonds is 6. The highest BCUT2D eigenvalue weighted by molar-refractivity contribution is 5.95. The number of amides is 2. The van der Waals surface area contributed by atoms with Crippen molar-refractivity contribution in [3.05, 3.63) is 101 Å². The van der Waals surface area contributed by atoms with Crippen molar-refractivity contribution in [1.29, 1.82) is 0 Å². The number of benzene rings is 3. The molecule has 1 aliphatic rings. The summed E-state index contributed by atoms with van der Waals surface area (Å²) in [6.07, 6.45) is 0. The van der Waals surface area contributed by atoms with Crippen molar-refractivity contribution in [2.45, 2.75) is 26.3 Å². The lowest BCUT2D eigenvalue weighted by Crippen LogP contribution is -2.44. The molecule has 0 fully saturated rings. The summed E-state index contributed by atoms with van der Waals surface area (Å²) in [6, 6.07) is 24.8. The Hall–Kier alpha value is -3.44. The van der Waals surface area contributed by atoms with Crippen LogP contribution in [-0.2, 0) is 16.1 Å². The van der Waals surface area contributed by atoms with Gasteiger partial charge in [0.1, 0.15) is 0 Å². The van der Waals surface area contributed by atoms with E-state index in [0.29, 0.717) is 0 Å². The van der Waals surface area contributed by atoms with E-state index in [4.69, 9.17) is 0 Å². The van der Waals surface area contributed by atoms with Gasteiger partial charge in [0.15, 0.2) is 0 Å². The monoisotopic (exact) mass is 441 g/mol. The molecule has 0 aromatic heterocycles. The van der Waals surface area contributed by atoms with Crippen molar-refractivity contribution in [1.82, 2.24) is 9.80 Å². The molecule has 1 heterocycles. The molecule has 0 radical (unpaired) electrons. The standard InChI is InChI=1S/C28H31N3O2/c1-20-10-9-11-21(2)28(20)29-26(32)18-30(3)27(33)19-31-16-23-14-7-8-15-24(23)25(17-31)22-12-5-4-6-13-22/h4-15,25H,16-19H2,1-3H3,(H,29,32). The van der Waals surface area contributed by atoms with Gasteiger partial charge in [0.2, 0.25) is 11.8 Å². The van der Waals surface area contributed by atoms with E-state index in [-0.39, 0.29) is 30.8 Å². The van der Waals surface area contributed by atoms with Gasteiger partial charge in [0.25, 0.3) is 0 Å². The third kappa shape index (κ3) is 5.32. The first-order chi connectivity index (χ1) is 15.9. The summed E-state index contributed by atoms with van der Waals surface area (Å²) >= 11 is 0. The summed E-state index contributed by atoms with van der Waals surface area (Å²) in [7, 11) is 1.69. The Kier molecular flexibility index (Phi) is 6.90. The lowest BCUT2D eigenvalue weighted by Gasteiger charge is -2.35. The van der Waals surface area contributed by atoms with Crippen molar-refractivity contribution in [3.63, 3.8) is 0 Å². The van der Waals surface area contributed by atoms with Crippen LogP contribution >= 0.6 is 0 Å². The van der Waals surface area contributed by atoms with Crippen LogP contribution < -0.4 is 5.32 Å². The second-order valence-electron chi connectivity index (χ2n) is 8.90. The Balaban J connectivity index is 1.41. The van der Waals surface area contributed by atoms with E-state index in [1.165, 1.54) is 21.6 Å². The Morgan fingerprint density at radius 2 is 1.61 bits per heavy atom. The van der Waals surface area contributed by atoms with Crippen LogP contribution in [0.5, 0.6) is 0 Å². The molecule has 1 unspecified atom stereocenters. The highest BCUT2D eigenvalue weighted by atomic mass is 16.2. The fourth-order valence-electron chi connectivity index (χ4n) is 4.58. The highest BCUT2D eigenvalue weighted by Crippen LogP contribution is 2.33. The van der Waals surface area contributed by atoms with Gasteiger partial charge in [-0.3, -0.25) is 14.5 Å². The number of nitrogens with zero attached hydrogens (tertiary/aromatic N) is 2. The fraction of sp³-hybridized carbons (Fsp3) is 0.286. The zero-order chi connectivity index (χ0) is 23.4. The first-order valence-corrected chi connectivity index (χ1v) is 11.4. The first kappa shape index (κ1) is 22.7. The fourth-order valence-corrected chi connectivity index (χ4v) is 4.58. The van der Waals surface area contributed by atoms with Gasteiger partial charge in [-0.05, 0) is 41.7 Å². The quantitative estimate of drug-likeness (QED) is 0.619. The number of para-hydroxylation sites is 1. The molecule has 0 saturated heterocycles. The number of hydrogen-bond donors (Lipinski definition) is 1. The Morgan fingerprint density at radius 1 is 0.939 bits per heavy atom. The molecular formula is C28H31N3O2. The molecule has 2 amide bonds. The number of hydrogen-bond acceptors (Lipinski definition) is 3. The van der Waals surface area contributed by atoms with Gasteiger partial charge in [0, 0.05) is 31.7 Å². The average Bonchev–Trinajstić information content (AvgIpc) is 2.81. The number of anilines is 1. The summed E-state index contributed by atoms with van der Waals surface area (Å²) in [6.45, 7) is 5.75. The predicted octanol–water partition coefficient (Wildman–Crippen LogP) is 4.35. The topological polar surface area (TPSA) is 52.7 Å². The normalized spacial score (nSPS) is 15.5. The van der Waals surface area contributed by atoms with E-state index >= 15 is 0 Å². The van der Waals surface area contributed by atoms with Crippen LogP contribution in [0.2, 0.25) is 0 Å². The minimum Gasteiger partial charge on any atom is -0.335 e. The molecule has 0 saturated carbocycles. The first-order valence-electron chi connectivity index (χ1n) is 11.4. The molecule has 3 aromatic carbocycles. The van der Waals surface area contributed by atoms with Gasteiger partial charge in [0.05, 0.1) is 13.1 Å². The predicted molar refractivity (Wildman–Crippen MR) is 132 cm³/mol. The van der Waals surface area contributed by atoms with Gasteiger partial charge < -0.3 is 10.2 Å². The van der Waals surface area contributed by atoms with Gasteiger partial charge in [-0.2, -0.15) is 0 Å². The summed E-state index contributed by atoms with van der Waals surface area (Å²) in [5, 5.41) is 2.96. The maximum absolute atomic E-state index is 13.0. The molecule has 170 valence electrons. The van der Waals surface area contributed by atoms with E-state index in [1.54, 1.807) is 7.05 Å². The molecule has 5 heteroatoms. The van der Waals surface area contributed by atoms with Crippen molar-refractivity contribution in [2.75, 3.05) is 32.0 Å². The van der Waals surface area contributed by atoms with Crippen molar-refractivity contribution in [2.24, 2.45) is 0 Å². The number of likely N-dealkylation sites (N-methyl/N-ethyl adjacent to an activating group) is 1. The lowest BCUT2D eigenvalue weighted by atomic mass is 9.84. The third-order valence-electron chi connectivity index (χ3n) is 6.38. The second-order valence-corrected chi connectivity index (χ2v) is 8.90. The van der Waals surface area contributed by atoms with Gasteiger partial charge in [-0.15, -0.1) is 0 Å². The zero-order valence-electron chi connectivity index (χ0n) is 19.5. The molecule has 0 bridgehead atoms. The lowest BCUT2D eigenvalue weighted by molar-refractivity contribution is -0.134. The molecule has 0 aliphatic carbocycles. The minimum atomic E-state index is -0.186. The van der Waals surface area contributed by atoms with E-state index in [0.717, 1.165) is 29.9 Å². The molecule has 0 spiro atoms. The van der Waals surface area contributed by atoms with E-state index in [2.05, 4.69) is 58.7 Å². The zero-order valence-corrected chi connectivity index (χ0v) is 19.5. The third-order valence-corrected chi connectivity index (χ3v) is 6.38. The number of nitrogens with one attached hydrogen (secondary N) is 1. The molecular weight excluding hydrogens is 410 g/mol. The summed E-state index contributed by atoms with van der Waals surface area (Å²) in [5.74, 6) is -0.0196. The molecule has 33 heavy (non-hydrogen) atoms. The molecule has 1 atom stereocenters. The summed E-state index contributed by atoms with van der Waals surface area (Å²) in [4.78, 5) is 29.3. The Bertz CT molecular complexity index is 1120. The maximum Gasteiger partial charge on any atom is 0.243 e. The molecule has 5 nitrogen and oxygen atoms in total. The van der Waals surface area contributed by atoms with E-state index < -0.39 is 0 Å². The Morgan fingerprint density at radius 3 is 2.33 bits per heavy atom. The van der Waals surface area contributed by atoms with Gasteiger partial charge in [-0.25, -0.2) is 0 Å². The van der Waals surface area contributed by atoms with E-state index in [1.807, 2.05) is 38.1 Å². The van der Waals surface area contributed by atoms with Crippen LogP contribution in [0.15, 0.2) is 72.8 Å². The van der Waals surface area contributed by atoms with Gasteiger partial charge >= 0.3 is 0 Å². The summed E-state index contributed by atoms with van der Waals surface area (Å²) in [5.41, 5.74) is 6.67. The van der Waals surface area contributed by atoms with Gasteiger partial charge in [-0.1, -0.05) is 72.8 Å². The minimum absolute atomic E-state index is 0.0269. The average molecular weight is 442 g/mol. The molecule has 1 aliphatic heterocycles. The van der Waals surface area contributed by atoms with Crippen LogP contribution in [0.4, 0.5) is 5.69 Å². The number of fused-ring (bicyclic) bond motifs is 1. The smallest absolute Gasteiger partial charge is 0.243 e. The maximum atomic E-state index is 13.0. The largest absolute Gasteiger partial charge is 0.335 e. The van der Waals surface area contributed by atoms with Crippen LogP contribution in [0.1, 0.15) is 33.7 Å². The Labute approximate surface area is 196 Å². The SMILES string of the molecule is Cc1cccc(C)c1NC(=O)CN(C)C(=O)CN1Cc2ccccc2C(c2ccccc2)C1. The van der Waals surface area contributed by atoms with Crippen molar-refractivity contribution < 1.29 is 9.59 Å². The highest BCUT2D eigenvalue weighted by Gasteiger charge is 2.28. The second kappa shape index (κ2) is 10.0.